The van der Waals surface area contributed by atoms with E-state index in [0.717, 1.165) is 17.8 Å². The highest BCUT2D eigenvalue weighted by Gasteiger charge is 2.76. The number of aliphatic hydroxyl groups excluding tert-OH is 1. The third kappa shape index (κ3) is 0.334. The summed E-state index contributed by atoms with van der Waals surface area (Å²) in [6.07, 6.45) is 2.87. The summed E-state index contributed by atoms with van der Waals surface area (Å²) < 4.78 is 0. The van der Waals surface area contributed by atoms with Gasteiger partial charge < -0.3 is 5.11 Å². The van der Waals surface area contributed by atoms with E-state index in [2.05, 4.69) is 6.92 Å². The van der Waals surface area contributed by atoms with E-state index >= 15 is 0 Å². The van der Waals surface area contributed by atoms with Gasteiger partial charge in [0.2, 0.25) is 0 Å². The molecule has 4 saturated carbocycles. The molecule has 4 aliphatic carbocycles. The van der Waals surface area contributed by atoms with Crippen LogP contribution in [0.5, 0.6) is 0 Å². The van der Waals surface area contributed by atoms with Crippen LogP contribution in [-0.2, 0) is 0 Å². The Labute approximate surface area is 61.4 Å². The fourth-order valence-electron chi connectivity index (χ4n) is 4.04. The lowest BCUT2D eigenvalue weighted by molar-refractivity contribution is 0.167. The molecule has 4 bridgehead atoms. The zero-order chi connectivity index (χ0) is 6.93. The maximum atomic E-state index is 9.13. The first kappa shape index (κ1) is 5.59. The molecule has 0 radical (unpaired) electrons. The summed E-state index contributed by atoms with van der Waals surface area (Å²) in [7, 11) is 0. The van der Waals surface area contributed by atoms with Crippen LogP contribution in [-0.4, -0.2) is 11.7 Å². The molecular weight excluding hydrogens is 124 g/mol. The summed E-state index contributed by atoms with van der Waals surface area (Å²) in [6, 6.07) is 0. The van der Waals surface area contributed by atoms with Gasteiger partial charge in [-0.3, -0.25) is 0 Å². The van der Waals surface area contributed by atoms with Gasteiger partial charge in [-0.1, -0.05) is 6.92 Å². The number of rotatable bonds is 1. The van der Waals surface area contributed by atoms with E-state index in [1.165, 1.54) is 12.8 Å². The van der Waals surface area contributed by atoms with E-state index < -0.39 is 0 Å². The van der Waals surface area contributed by atoms with Crippen LogP contribution >= 0.6 is 0 Å². The quantitative estimate of drug-likeness (QED) is 0.578. The Balaban J connectivity index is 2.01. The van der Waals surface area contributed by atoms with E-state index in [0.29, 0.717) is 17.9 Å². The van der Waals surface area contributed by atoms with Gasteiger partial charge in [-0.25, -0.2) is 0 Å². The van der Waals surface area contributed by atoms with Crippen LogP contribution in [0.3, 0.4) is 0 Å². The van der Waals surface area contributed by atoms with Crippen LogP contribution in [0.4, 0.5) is 0 Å². The second-order valence-electron chi connectivity index (χ2n) is 4.60. The smallest absolute Gasteiger partial charge is 0.0467 e. The molecule has 1 N–H and O–H groups in total. The normalized spacial score (nSPS) is 69.0. The van der Waals surface area contributed by atoms with Crippen molar-refractivity contribution in [1.82, 2.24) is 0 Å². The molecule has 0 aromatic carbocycles. The van der Waals surface area contributed by atoms with Crippen molar-refractivity contribution in [1.29, 1.82) is 0 Å². The fraction of sp³-hybridized carbons (Fsp3) is 1.00. The molecular formula is C9H14O. The Morgan fingerprint density at radius 1 is 1.40 bits per heavy atom. The van der Waals surface area contributed by atoms with Crippen molar-refractivity contribution in [3.63, 3.8) is 0 Å². The van der Waals surface area contributed by atoms with Gasteiger partial charge >= 0.3 is 0 Å². The van der Waals surface area contributed by atoms with Crippen LogP contribution in [0, 0.1) is 29.1 Å². The topological polar surface area (TPSA) is 20.2 Å². The molecule has 0 spiro atoms. The van der Waals surface area contributed by atoms with Crippen LogP contribution in [0.15, 0.2) is 0 Å². The summed E-state index contributed by atoms with van der Waals surface area (Å²) in [5.74, 6) is 3.64. The molecule has 0 aliphatic heterocycles. The van der Waals surface area contributed by atoms with Crippen molar-refractivity contribution in [2.24, 2.45) is 29.1 Å². The summed E-state index contributed by atoms with van der Waals surface area (Å²) in [6.45, 7) is 2.84. The minimum atomic E-state index is 0.453. The van der Waals surface area contributed by atoms with E-state index in [4.69, 9.17) is 5.11 Å². The Morgan fingerprint density at radius 2 is 2.00 bits per heavy atom. The lowest BCUT2D eigenvalue weighted by Crippen LogP contribution is -2.16. The third-order valence-corrected chi connectivity index (χ3v) is 4.65. The van der Waals surface area contributed by atoms with Crippen molar-refractivity contribution in [3.8, 4) is 0 Å². The van der Waals surface area contributed by atoms with E-state index in [1.54, 1.807) is 0 Å². The fourth-order valence-corrected chi connectivity index (χ4v) is 4.04. The molecule has 4 rings (SSSR count). The second kappa shape index (κ2) is 1.29. The van der Waals surface area contributed by atoms with Crippen molar-refractivity contribution in [3.05, 3.63) is 0 Å². The number of hydrogen-bond acceptors (Lipinski definition) is 1. The van der Waals surface area contributed by atoms with Crippen LogP contribution in [0.2, 0.25) is 0 Å². The van der Waals surface area contributed by atoms with Crippen LogP contribution < -0.4 is 0 Å². The average Bonchev–Trinajstić information content (AvgIpc) is 2.41. The van der Waals surface area contributed by atoms with Crippen molar-refractivity contribution in [2.45, 2.75) is 19.8 Å². The Bertz CT molecular complexity index is 175. The number of hydrogen-bond donors (Lipinski definition) is 1. The molecule has 3 atom stereocenters. The van der Waals surface area contributed by atoms with Gasteiger partial charge in [0.1, 0.15) is 0 Å². The Kier molecular flexibility index (Phi) is 0.722. The van der Waals surface area contributed by atoms with Crippen LogP contribution in [0.25, 0.3) is 0 Å². The summed E-state index contributed by atoms with van der Waals surface area (Å²) in [4.78, 5) is 0. The first-order valence-electron chi connectivity index (χ1n) is 4.39. The van der Waals surface area contributed by atoms with Crippen LogP contribution in [0.1, 0.15) is 19.8 Å². The van der Waals surface area contributed by atoms with Gasteiger partial charge in [-0.15, -0.1) is 0 Å². The second-order valence-corrected chi connectivity index (χ2v) is 4.60. The molecule has 0 amide bonds. The van der Waals surface area contributed by atoms with Gasteiger partial charge in [0, 0.05) is 6.61 Å². The predicted octanol–water partition coefficient (Wildman–Crippen LogP) is 1.27. The van der Waals surface area contributed by atoms with E-state index in [-0.39, 0.29) is 0 Å². The summed E-state index contributed by atoms with van der Waals surface area (Å²) >= 11 is 0. The Morgan fingerprint density at radius 3 is 2.20 bits per heavy atom. The summed E-state index contributed by atoms with van der Waals surface area (Å²) in [5, 5.41) is 9.13. The van der Waals surface area contributed by atoms with Gasteiger partial charge in [0.25, 0.3) is 0 Å². The molecule has 1 nitrogen and oxygen atoms in total. The minimum Gasteiger partial charge on any atom is -0.396 e. The van der Waals surface area contributed by atoms with E-state index in [1.807, 2.05) is 0 Å². The predicted molar refractivity (Wildman–Crippen MR) is 38.4 cm³/mol. The highest BCUT2D eigenvalue weighted by molar-refractivity contribution is 5.23. The zero-order valence-corrected chi connectivity index (χ0v) is 6.38. The number of aliphatic hydroxyl groups is 1. The SMILES string of the molecule is CC12C(CO)C3CC1C2C3. The molecule has 4 fully saturated rings. The standard InChI is InChI=1S/C9H14O/c1-9-6-2-5(3-7(6)9)8(9)4-10/h5-8,10H,2-4H2,1H3. The Hall–Kier alpha value is -0.0400. The van der Waals surface area contributed by atoms with Gasteiger partial charge in [0.05, 0.1) is 0 Å². The molecule has 0 heterocycles. The first-order chi connectivity index (χ1) is 4.78. The van der Waals surface area contributed by atoms with Gasteiger partial charge in [0.15, 0.2) is 0 Å². The molecule has 56 valence electrons. The maximum absolute atomic E-state index is 9.13. The van der Waals surface area contributed by atoms with Crippen molar-refractivity contribution in [2.75, 3.05) is 6.61 Å². The van der Waals surface area contributed by atoms with Crippen molar-refractivity contribution >= 4 is 0 Å². The lowest BCUT2D eigenvalue weighted by atomic mass is 9.92. The highest BCUT2D eigenvalue weighted by atomic mass is 16.3. The molecule has 0 saturated heterocycles. The highest BCUT2D eigenvalue weighted by Crippen LogP contribution is 2.81. The molecule has 1 heteroatoms. The monoisotopic (exact) mass is 138 g/mol. The minimum absolute atomic E-state index is 0.453. The summed E-state index contributed by atoms with van der Waals surface area (Å²) in [5.41, 5.74) is 0.611. The molecule has 0 aromatic heterocycles. The average molecular weight is 138 g/mol. The first-order valence-corrected chi connectivity index (χ1v) is 4.39. The molecule has 10 heavy (non-hydrogen) atoms. The molecule has 3 unspecified atom stereocenters. The van der Waals surface area contributed by atoms with Crippen molar-refractivity contribution < 1.29 is 5.11 Å². The zero-order valence-electron chi connectivity index (χ0n) is 6.38. The molecule has 4 aliphatic rings. The van der Waals surface area contributed by atoms with Gasteiger partial charge in [-0.05, 0) is 41.9 Å². The molecule has 0 aromatic rings. The third-order valence-electron chi connectivity index (χ3n) is 4.65. The maximum Gasteiger partial charge on any atom is 0.0467 e. The van der Waals surface area contributed by atoms with Gasteiger partial charge in [-0.2, -0.15) is 0 Å². The largest absolute Gasteiger partial charge is 0.396 e. The van der Waals surface area contributed by atoms with E-state index in [9.17, 15) is 0 Å². The lowest BCUT2D eigenvalue weighted by Gasteiger charge is -2.15.